The molecule has 1 amide bonds. The van der Waals surface area contributed by atoms with Gasteiger partial charge in [-0.15, -0.1) is 0 Å². The Hall–Kier alpha value is -2.99. The second-order valence-electron chi connectivity index (χ2n) is 5.02. The molecule has 0 radical (unpaired) electrons. The van der Waals surface area contributed by atoms with Crippen molar-refractivity contribution in [3.05, 3.63) is 76.1 Å². The van der Waals surface area contributed by atoms with Crippen molar-refractivity contribution in [2.45, 2.75) is 0 Å². The zero-order valence-corrected chi connectivity index (χ0v) is 13.5. The van der Waals surface area contributed by atoms with E-state index in [1.807, 2.05) is 6.07 Å². The van der Waals surface area contributed by atoms with Gasteiger partial charge in [0.2, 0.25) is 5.28 Å². The number of nitrogens with zero attached hydrogens (tertiary/aromatic N) is 3. The fourth-order valence-corrected chi connectivity index (χ4v) is 2.34. The zero-order valence-electron chi connectivity index (χ0n) is 12.7. The summed E-state index contributed by atoms with van der Waals surface area (Å²) in [4.78, 5) is 33.1. The Kier molecular flexibility index (Phi) is 4.39. The molecule has 2 aromatic heterocycles. The minimum atomic E-state index is -0.439. The molecule has 0 spiro atoms. The molecule has 24 heavy (non-hydrogen) atoms. The minimum absolute atomic E-state index is 0.0320. The van der Waals surface area contributed by atoms with Gasteiger partial charge in [-0.05, 0) is 35.9 Å². The smallest absolute Gasteiger partial charge is 0.278 e. The van der Waals surface area contributed by atoms with Gasteiger partial charge in [0.15, 0.2) is 0 Å². The second-order valence-corrected chi connectivity index (χ2v) is 5.36. The van der Waals surface area contributed by atoms with Crippen LogP contribution < -0.4 is 10.9 Å². The fourth-order valence-electron chi connectivity index (χ4n) is 2.18. The monoisotopic (exact) mass is 340 g/mol. The Labute approximate surface area is 142 Å². The van der Waals surface area contributed by atoms with E-state index in [2.05, 4.69) is 15.3 Å². The molecule has 0 saturated heterocycles. The molecule has 3 aromatic rings. The number of benzene rings is 1. The predicted molar refractivity (Wildman–Crippen MR) is 92.1 cm³/mol. The van der Waals surface area contributed by atoms with Crippen LogP contribution >= 0.6 is 11.6 Å². The third-order valence-corrected chi connectivity index (χ3v) is 3.80. The molecule has 6 nitrogen and oxygen atoms in total. The van der Waals surface area contributed by atoms with Crippen LogP contribution in [0.4, 0.5) is 5.69 Å². The first-order chi connectivity index (χ1) is 11.6. The summed E-state index contributed by atoms with van der Waals surface area (Å²) in [5.41, 5.74) is 1.01. The molecule has 0 saturated carbocycles. The van der Waals surface area contributed by atoms with Gasteiger partial charge in [0.05, 0.1) is 0 Å². The van der Waals surface area contributed by atoms with E-state index in [1.165, 1.54) is 11.6 Å². The lowest BCUT2D eigenvalue weighted by atomic mass is 10.1. The van der Waals surface area contributed by atoms with E-state index >= 15 is 0 Å². The largest absolute Gasteiger partial charge is 0.316 e. The Morgan fingerprint density at radius 1 is 1.12 bits per heavy atom. The van der Waals surface area contributed by atoms with Gasteiger partial charge in [0.1, 0.15) is 11.4 Å². The third-order valence-electron chi connectivity index (χ3n) is 3.46. The van der Waals surface area contributed by atoms with Crippen molar-refractivity contribution in [2.24, 2.45) is 7.05 Å². The first-order valence-electron chi connectivity index (χ1n) is 7.11. The molecule has 1 aromatic carbocycles. The highest BCUT2D eigenvalue weighted by Gasteiger charge is 2.18. The third kappa shape index (κ3) is 3.04. The highest BCUT2D eigenvalue weighted by atomic mass is 35.5. The number of nitrogens with one attached hydrogen (secondary N) is 1. The number of rotatable bonds is 3. The summed E-state index contributed by atoms with van der Waals surface area (Å²) in [5, 5.41) is 2.68. The number of amides is 1. The van der Waals surface area contributed by atoms with Gasteiger partial charge in [-0.3, -0.25) is 19.1 Å². The minimum Gasteiger partial charge on any atom is -0.316 e. The summed E-state index contributed by atoms with van der Waals surface area (Å²) in [7, 11) is 1.49. The Balaban J connectivity index is 2.11. The van der Waals surface area contributed by atoms with Crippen LogP contribution in [-0.4, -0.2) is 20.4 Å². The van der Waals surface area contributed by atoms with Gasteiger partial charge < -0.3 is 5.32 Å². The van der Waals surface area contributed by atoms with E-state index in [1.54, 1.807) is 48.8 Å². The van der Waals surface area contributed by atoms with Crippen molar-refractivity contribution >= 4 is 23.2 Å². The molecule has 0 fully saturated rings. The van der Waals surface area contributed by atoms with Crippen LogP contribution in [0.25, 0.3) is 11.3 Å². The quantitative estimate of drug-likeness (QED) is 0.744. The molecule has 7 heteroatoms. The molecule has 1 N–H and O–H groups in total. The van der Waals surface area contributed by atoms with Crippen LogP contribution in [0, 0.1) is 0 Å². The van der Waals surface area contributed by atoms with Gasteiger partial charge in [0, 0.05) is 30.6 Å². The van der Waals surface area contributed by atoms with Crippen LogP contribution in [-0.2, 0) is 7.05 Å². The first kappa shape index (κ1) is 15.9. The van der Waals surface area contributed by atoms with E-state index in [4.69, 9.17) is 11.6 Å². The normalized spacial score (nSPS) is 10.4. The average Bonchev–Trinajstić information content (AvgIpc) is 2.63. The molecule has 2 heterocycles. The molecule has 0 aliphatic rings. The zero-order chi connectivity index (χ0) is 17.1. The number of pyridine rings is 1. The van der Waals surface area contributed by atoms with E-state index < -0.39 is 11.5 Å². The SMILES string of the molecule is Cn1c(Cl)nc(-c2ccncc2)c(NC(=O)c2ccccc2)c1=O. The molecule has 0 atom stereocenters. The molecule has 0 aliphatic heterocycles. The molecule has 0 bridgehead atoms. The van der Waals surface area contributed by atoms with Crippen LogP contribution in [0.1, 0.15) is 10.4 Å². The first-order valence-corrected chi connectivity index (χ1v) is 7.49. The summed E-state index contributed by atoms with van der Waals surface area (Å²) in [6, 6.07) is 12.0. The standard InChI is InChI=1S/C17H13ClN4O2/c1-22-16(24)14(20-15(23)12-5-3-2-4-6-12)13(21-17(22)18)11-7-9-19-10-8-11/h2-10H,1H3,(H,20,23). The molecular weight excluding hydrogens is 328 g/mol. The lowest BCUT2D eigenvalue weighted by Crippen LogP contribution is -2.26. The lowest BCUT2D eigenvalue weighted by molar-refractivity contribution is 0.102. The molecule has 3 rings (SSSR count). The van der Waals surface area contributed by atoms with Crippen molar-refractivity contribution in [3.8, 4) is 11.3 Å². The molecular formula is C17H13ClN4O2. The van der Waals surface area contributed by atoms with Crippen molar-refractivity contribution in [3.63, 3.8) is 0 Å². The van der Waals surface area contributed by atoms with Crippen molar-refractivity contribution < 1.29 is 4.79 Å². The van der Waals surface area contributed by atoms with E-state index in [-0.39, 0.29) is 11.0 Å². The fraction of sp³-hybridized carbons (Fsp3) is 0.0588. The van der Waals surface area contributed by atoms with E-state index in [9.17, 15) is 9.59 Å². The molecule has 0 unspecified atom stereocenters. The topological polar surface area (TPSA) is 76.9 Å². The summed E-state index contributed by atoms with van der Waals surface area (Å²) in [6.07, 6.45) is 3.15. The van der Waals surface area contributed by atoms with Gasteiger partial charge in [-0.25, -0.2) is 4.98 Å². The number of hydrogen-bond donors (Lipinski definition) is 1. The van der Waals surface area contributed by atoms with Crippen LogP contribution in [0.2, 0.25) is 5.28 Å². The Bertz CT molecular complexity index is 940. The summed E-state index contributed by atoms with van der Waals surface area (Å²) in [5.74, 6) is -0.396. The lowest BCUT2D eigenvalue weighted by Gasteiger charge is -2.12. The summed E-state index contributed by atoms with van der Waals surface area (Å²) >= 11 is 6.02. The van der Waals surface area contributed by atoms with Gasteiger partial charge in [-0.1, -0.05) is 18.2 Å². The maximum atomic E-state index is 12.6. The second kappa shape index (κ2) is 6.64. The summed E-state index contributed by atoms with van der Waals surface area (Å²) in [6.45, 7) is 0. The number of carbonyl (C=O) groups is 1. The summed E-state index contributed by atoms with van der Waals surface area (Å²) < 4.78 is 1.17. The van der Waals surface area contributed by atoms with Gasteiger partial charge in [-0.2, -0.15) is 0 Å². The van der Waals surface area contributed by atoms with E-state index in [0.717, 1.165) is 0 Å². The Morgan fingerprint density at radius 3 is 2.46 bits per heavy atom. The average molecular weight is 341 g/mol. The maximum Gasteiger partial charge on any atom is 0.278 e. The van der Waals surface area contributed by atoms with Gasteiger partial charge in [0.25, 0.3) is 11.5 Å². The van der Waals surface area contributed by atoms with Gasteiger partial charge >= 0.3 is 0 Å². The Morgan fingerprint density at radius 2 is 1.79 bits per heavy atom. The highest BCUT2D eigenvalue weighted by Crippen LogP contribution is 2.24. The van der Waals surface area contributed by atoms with Crippen LogP contribution in [0.15, 0.2) is 59.7 Å². The van der Waals surface area contributed by atoms with Crippen molar-refractivity contribution in [1.29, 1.82) is 0 Å². The number of hydrogen-bond acceptors (Lipinski definition) is 4. The van der Waals surface area contributed by atoms with E-state index in [0.29, 0.717) is 16.8 Å². The van der Waals surface area contributed by atoms with Crippen LogP contribution in [0.5, 0.6) is 0 Å². The van der Waals surface area contributed by atoms with Crippen molar-refractivity contribution in [2.75, 3.05) is 5.32 Å². The number of carbonyl (C=O) groups excluding carboxylic acids is 1. The maximum absolute atomic E-state index is 12.6. The number of halogens is 1. The molecule has 0 aliphatic carbocycles. The van der Waals surface area contributed by atoms with Crippen molar-refractivity contribution in [1.82, 2.24) is 14.5 Å². The predicted octanol–water partition coefficient (Wildman–Crippen LogP) is 2.75. The number of aromatic nitrogens is 3. The highest BCUT2D eigenvalue weighted by molar-refractivity contribution is 6.28. The molecule has 120 valence electrons. The number of anilines is 1. The van der Waals surface area contributed by atoms with Crippen LogP contribution in [0.3, 0.4) is 0 Å².